The van der Waals surface area contributed by atoms with E-state index in [1.165, 1.54) is 11.5 Å². The van der Waals surface area contributed by atoms with Gasteiger partial charge in [0, 0.05) is 12.1 Å². The molecule has 1 aliphatic rings. The van der Waals surface area contributed by atoms with Crippen LogP contribution >= 0.6 is 11.8 Å². The van der Waals surface area contributed by atoms with Crippen molar-refractivity contribution in [1.29, 1.82) is 5.26 Å². The third-order valence-electron chi connectivity index (χ3n) is 3.46. The number of anilines is 1. The second-order valence-corrected chi connectivity index (χ2v) is 6.17. The highest BCUT2D eigenvalue weighted by atomic mass is 32.2. The SMILES string of the molecule is Cc1ccc(C#N)cc1NC(=O)CC1CCSCC1. The molecule has 0 radical (unpaired) electrons. The topological polar surface area (TPSA) is 52.9 Å². The van der Waals surface area contributed by atoms with Crippen LogP contribution in [0.1, 0.15) is 30.4 Å². The van der Waals surface area contributed by atoms with E-state index >= 15 is 0 Å². The lowest BCUT2D eigenvalue weighted by atomic mass is 9.98. The molecule has 100 valence electrons. The maximum Gasteiger partial charge on any atom is 0.224 e. The summed E-state index contributed by atoms with van der Waals surface area (Å²) in [7, 11) is 0. The maximum absolute atomic E-state index is 12.0. The second-order valence-electron chi connectivity index (χ2n) is 4.95. The van der Waals surface area contributed by atoms with Crippen molar-refractivity contribution < 1.29 is 4.79 Å². The Labute approximate surface area is 118 Å². The molecule has 0 aliphatic carbocycles. The van der Waals surface area contributed by atoms with Crippen LogP contribution in [0.4, 0.5) is 5.69 Å². The van der Waals surface area contributed by atoms with Crippen LogP contribution in [0.5, 0.6) is 0 Å². The molecule has 0 spiro atoms. The summed E-state index contributed by atoms with van der Waals surface area (Å²) in [6.45, 7) is 1.94. The molecule has 0 unspecified atom stereocenters. The first-order chi connectivity index (χ1) is 9.19. The number of hydrogen-bond donors (Lipinski definition) is 1. The van der Waals surface area contributed by atoms with Crippen molar-refractivity contribution in [3.8, 4) is 6.07 Å². The fourth-order valence-corrected chi connectivity index (χ4v) is 3.44. The molecule has 1 N–H and O–H groups in total. The number of amides is 1. The summed E-state index contributed by atoms with van der Waals surface area (Å²) in [4.78, 5) is 12.0. The first-order valence-corrected chi connectivity index (χ1v) is 7.73. The third kappa shape index (κ3) is 4.00. The number of rotatable bonds is 3. The quantitative estimate of drug-likeness (QED) is 0.919. The van der Waals surface area contributed by atoms with Crippen molar-refractivity contribution in [2.75, 3.05) is 16.8 Å². The van der Waals surface area contributed by atoms with Crippen LogP contribution in [-0.2, 0) is 4.79 Å². The third-order valence-corrected chi connectivity index (χ3v) is 4.50. The number of aryl methyl sites for hydroxylation is 1. The molecule has 19 heavy (non-hydrogen) atoms. The molecule has 0 aromatic heterocycles. The lowest BCUT2D eigenvalue weighted by Crippen LogP contribution is -2.20. The van der Waals surface area contributed by atoms with E-state index in [0.29, 0.717) is 17.9 Å². The molecule has 1 aromatic carbocycles. The van der Waals surface area contributed by atoms with Gasteiger partial charge in [0.1, 0.15) is 0 Å². The Morgan fingerprint density at radius 1 is 1.47 bits per heavy atom. The van der Waals surface area contributed by atoms with E-state index in [9.17, 15) is 4.79 Å². The molecule has 1 amide bonds. The minimum Gasteiger partial charge on any atom is -0.326 e. The number of hydrogen-bond acceptors (Lipinski definition) is 3. The first kappa shape index (κ1) is 14.0. The highest BCUT2D eigenvalue weighted by Crippen LogP contribution is 2.26. The molecule has 1 heterocycles. The van der Waals surface area contributed by atoms with E-state index in [0.717, 1.165) is 24.1 Å². The molecule has 4 heteroatoms. The molecule has 1 saturated heterocycles. The van der Waals surface area contributed by atoms with Gasteiger partial charge in [-0.25, -0.2) is 0 Å². The second kappa shape index (κ2) is 6.63. The average Bonchev–Trinajstić information content (AvgIpc) is 2.42. The summed E-state index contributed by atoms with van der Waals surface area (Å²) in [5, 5.41) is 11.8. The van der Waals surface area contributed by atoms with Gasteiger partial charge in [0.15, 0.2) is 0 Å². The lowest BCUT2D eigenvalue weighted by molar-refractivity contribution is -0.117. The minimum absolute atomic E-state index is 0.0649. The van der Waals surface area contributed by atoms with Crippen LogP contribution in [0.3, 0.4) is 0 Å². The Morgan fingerprint density at radius 3 is 2.89 bits per heavy atom. The Balaban J connectivity index is 1.96. The maximum atomic E-state index is 12.0. The number of nitriles is 1. The van der Waals surface area contributed by atoms with E-state index in [1.54, 1.807) is 12.1 Å². The Hall–Kier alpha value is -1.47. The highest BCUT2D eigenvalue weighted by Gasteiger charge is 2.17. The fraction of sp³-hybridized carbons (Fsp3) is 0.467. The van der Waals surface area contributed by atoms with Crippen LogP contribution in [0, 0.1) is 24.2 Å². The molecule has 0 saturated carbocycles. The van der Waals surface area contributed by atoms with Crippen molar-refractivity contribution in [2.24, 2.45) is 5.92 Å². The number of thioether (sulfide) groups is 1. The van der Waals surface area contributed by atoms with E-state index in [4.69, 9.17) is 5.26 Å². The first-order valence-electron chi connectivity index (χ1n) is 6.57. The largest absolute Gasteiger partial charge is 0.326 e. The highest BCUT2D eigenvalue weighted by molar-refractivity contribution is 7.99. The molecule has 0 atom stereocenters. The zero-order valence-corrected chi connectivity index (χ0v) is 11.9. The average molecular weight is 274 g/mol. The van der Waals surface area contributed by atoms with E-state index in [-0.39, 0.29) is 5.91 Å². The van der Waals surface area contributed by atoms with Gasteiger partial charge in [-0.3, -0.25) is 4.79 Å². The van der Waals surface area contributed by atoms with Gasteiger partial charge in [-0.05, 0) is 54.9 Å². The van der Waals surface area contributed by atoms with Gasteiger partial charge in [-0.1, -0.05) is 6.07 Å². The number of nitrogens with one attached hydrogen (secondary N) is 1. The van der Waals surface area contributed by atoms with Crippen LogP contribution in [-0.4, -0.2) is 17.4 Å². The molecule has 1 aliphatic heterocycles. The summed E-state index contributed by atoms with van der Waals surface area (Å²) in [6, 6.07) is 7.47. The van der Waals surface area contributed by atoms with Gasteiger partial charge in [0.05, 0.1) is 11.6 Å². The number of carbonyl (C=O) groups excluding carboxylic acids is 1. The summed E-state index contributed by atoms with van der Waals surface area (Å²) in [5.41, 5.74) is 2.33. The summed E-state index contributed by atoms with van der Waals surface area (Å²) in [6.07, 6.45) is 2.86. The predicted octanol–water partition coefficient (Wildman–Crippen LogP) is 3.34. The van der Waals surface area contributed by atoms with Crippen molar-refractivity contribution >= 4 is 23.4 Å². The van der Waals surface area contributed by atoms with E-state index in [1.807, 2.05) is 24.8 Å². The molecule has 1 fully saturated rings. The number of carbonyl (C=O) groups is 1. The van der Waals surface area contributed by atoms with Crippen molar-refractivity contribution in [3.63, 3.8) is 0 Å². The summed E-state index contributed by atoms with van der Waals surface area (Å²) in [5.74, 6) is 2.91. The van der Waals surface area contributed by atoms with Crippen LogP contribution < -0.4 is 5.32 Å². The van der Waals surface area contributed by atoms with Gasteiger partial charge in [0.2, 0.25) is 5.91 Å². The summed E-state index contributed by atoms with van der Waals surface area (Å²) < 4.78 is 0. The van der Waals surface area contributed by atoms with Gasteiger partial charge in [-0.2, -0.15) is 17.0 Å². The Morgan fingerprint density at radius 2 is 2.21 bits per heavy atom. The van der Waals surface area contributed by atoms with Gasteiger partial charge >= 0.3 is 0 Å². The van der Waals surface area contributed by atoms with Crippen molar-refractivity contribution in [2.45, 2.75) is 26.2 Å². The van der Waals surface area contributed by atoms with Crippen LogP contribution in [0.15, 0.2) is 18.2 Å². The van der Waals surface area contributed by atoms with Gasteiger partial charge < -0.3 is 5.32 Å². The van der Waals surface area contributed by atoms with Gasteiger partial charge in [0.25, 0.3) is 0 Å². The normalized spacial score (nSPS) is 15.8. The molecule has 2 rings (SSSR count). The predicted molar refractivity (Wildman–Crippen MR) is 79.2 cm³/mol. The summed E-state index contributed by atoms with van der Waals surface area (Å²) >= 11 is 1.97. The Bertz CT molecular complexity index is 501. The van der Waals surface area contributed by atoms with E-state index in [2.05, 4.69) is 11.4 Å². The van der Waals surface area contributed by atoms with Crippen LogP contribution in [0.25, 0.3) is 0 Å². The van der Waals surface area contributed by atoms with E-state index < -0.39 is 0 Å². The smallest absolute Gasteiger partial charge is 0.224 e. The molecular weight excluding hydrogens is 256 g/mol. The lowest BCUT2D eigenvalue weighted by Gasteiger charge is -2.20. The van der Waals surface area contributed by atoms with Gasteiger partial charge in [-0.15, -0.1) is 0 Å². The minimum atomic E-state index is 0.0649. The van der Waals surface area contributed by atoms with Crippen molar-refractivity contribution in [3.05, 3.63) is 29.3 Å². The zero-order chi connectivity index (χ0) is 13.7. The molecular formula is C15H18N2OS. The fourth-order valence-electron chi connectivity index (χ4n) is 2.24. The number of nitrogens with zero attached hydrogens (tertiary/aromatic N) is 1. The molecule has 0 bridgehead atoms. The molecule has 1 aromatic rings. The Kier molecular flexibility index (Phi) is 4.86. The monoisotopic (exact) mass is 274 g/mol. The standard InChI is InChI=1S/C15H18N2OS/c1-11-2-3-13(10-16)8-14(11)17-15(18)9-12-4-6-19-7-5-12/h2-3,8,12H,4-7,9H2,1H3,(H,17,18). The molecule has 3 nitrogen and oxygen atoms in total. The van der Waals surface area contributed by atoms with Crippen LogP contribution in [0.2, 0.25) is 0 Å². The zero-order valence-electron chi connectivity index (χ0n) is 11.1. The number of benzene rings is 1. The van der Waals surface area contributed by atoms with Crippen molar-refractivity contribution in [1.82, 2.24) is 0 Å².